The minimum atomic E-state index is -0.654. The van der Waals surface area contributed by atoms with Crippen LogP contribution in [-0.2, 0) is 0 Å². The van der Waals surface area contributed by atoms with Gasteiger partial charge in [0.2, 0.25) is 6.04 Å². The molecule has 1 aromatic carbocycles. The standard InChI is InChI=1S/C9H7F2N/c1-6(12-2)8-4-3-7(10)5-9(8)11/h3-6H,1H3. The van der Waals surface area contributed by atoms with Crippen LogP contribution in [0.2, 0.25) is 0 Å². The third-order valence-corrected chi connectivity index (χ3v) is 1.61. The Balaban J connectivity index is 3.11. The van der Waals surface area contributed by atoms with E-state index in [9.17, 15) is 8.78 Å². The summed E-state index contributed by atoms with van der Waals surface area (Å²) in [5.41, 5.74) is 0.242. The van der Waals surface area contributed by atoms with Gasteiger partial charge in [-0.15, -0.1) is 0 Å². The molecular weight excluding hydrogens is 160 g/mol. The summed E-state index contributed by atoms with van der Waals surface area (Å²) in [6, 6.07) is 2.69. The highest BCUT2D eigenvalue weighted by Gasteiger charge is 2.14. The van der Waals surface area contributed by atoms with Crippen LogP contribution in [0, 0.1) is 18.2 Å². The van der Waals surface area contributed by atoms with Crippen LogP contribution in [0.3, 0.4) is 0 Å². The molecule has 0 aliphatic rings. The van der Waals surface area contributed by atoms with Crippen LogP contribution in [0.5, 0.6) is 0 Å². The van der Waals surface area contributed by atoms with E-state index in [0.29, 0.717) is 0 Å². The van der Waals surface area contributed by atoms with Gasteiger partial charge in [0.05, 0.1) is 5.56 Å². The zero-order valence-corrected chi connectivity index (χ0v) is 6.51. The fraction of sp³-hybridized carbons (Fsp3) is 0.222. The monoisotopic (exact) mass is 167 g/mol. The van der Waals surface area contributed by atoms with Gasteiger partial charge < -0.3 is 4.85 Å². The summed E-state index contributed by atoms with van der Waals surface area (Å²) in [4.78, 5) is 3.14. The average Bonchev–Trinajstić information content (AvgIpc) is 2.03. The molecule has 1 rings (SSSR count). The van der Waals surface area contributed by atoms with Crippen molar-refractivity contribution in [1.82, 2.24) is 0 Å². The topological polar surface area (TPSA) is 4.36 Å². The molecule has 0 saturated heterocycles. The van der Waals surface area contributed by atoms with Gasteiger partial charge in [-0.3, -0.25) is 0 Å². The summed E-state index contributed by atoms with van der Waals surface area (Å²) >= 11 is 0. The normalized spacial score (nSPS) is 12.2. The number of benzene rings is 1. The molecule has 0 heterocycles. The van der Waals surface area contributed by atoms with Gasteiger partial charge in [-0.25, -0.2) is 15.4 Å². The molecule has 0 fully saturated rings. The lowest BCUT2D eigenvalue weighted by molar-refractivity contribution is 0.569. The second-order valence-corrected chi connectivity index (χ2v) is 2.47. The third-order valence-electron chi connectivity index (χ3n) is 1.61. The molecule has 1 atom stereocenters. The Morgan fingerprint density at radius 2 is 2.08 bits per heavy atom. The van der Waals surface area contributed by atoms with E-state index < -0.39 is 17.7 Å². The maximum Gasteiger partial charge on any atom is 0.248 e. The van der Waals surface area contributed by atoms with Gasteiger partial charge in [-0.2, -0.15) is 0 Å². The van der Waals surface area contributed by atoms with Crippen molar-refractivity contribution >= 4 is 0 Å². The molecule has 0 aliphatic carbocycles. The van der Waals surface area contributed by atoms with Crippen molar-refractivity contribution in [1.29, 1.82) is 0 Å². The Morgan fingerprint density at radius 3 is 2.58 bits per heavy atom. The first kappa shape index (κ1) is 8.66. The molecule has 0 N–H and O–H groups in total. The van der Waals surface area contributed by atoms with Gasteiger partial charge in [-0.05, 0) is 12.1 Å². The first-order valence-corrected chi connectivity index (χ1v) is 3.46. The molecule has 0 bridgehead atoms. The summed E-state index contributed by atoms with van der Waals surface area (Å²) in [5, 5.41) is 0. The molecule has 0 saturated carbocycles. The maximum atomic E-state index is 12.9. The lowest BCUT2D eigenvalue weighted by Gasteiger charge is -2.00. The van der Waals surface area contributed by atoms with E-state index in [1.807, 2.05) is 0 Å². The number of nitrogens with zero attached hydrogens (tertiary/aromatic N) is 1. The SMILES string of the molecule is [C-]#[N+]C(C)c1ccc(F)cc1F. The van der Waals surface area contributed by atoms with Gasteiger partial charge >= 0.3 is 0 Å². The van der Waals surface area contributed by atoms with E-state index in [4.69, 9.17) is 6.57 Å². The molecule has 0 aromatic heterocycles. The summed E-state index contributed by atoms with van der Waals surface area (Å²) in [6.07, 6.45) is 0. The van der Waals surface area contributed by atoms with E-state index in [1.165, 1.54) is 6.07 Å². The number of hydrogen-bond donors (Lipinski definition) is 0. The largest absolute Gasteiger partial charge is 0.309 e. The predicted octanol–water partition coefficient (Wildman–Crippen LogP) is 2.95. The minimum Gasteiger partial charge on any atom is -0.309 e. The molecule has 0 aliphatic heterocycles. The van der Waals surface area contributed by atoms with Crippen LogP contribution in [0.1, 0.15) is 18.5 Å². The fourth-order valence-corrected chi connectivity index (χ4v) is 0.910. The van der Waals surface area contributed by atoms with Crippen LogP contribution in [-0.4, -0.2) is 0 Å². The van der Waals surface area contributed by atoms with Gasteiger partial charge in [0, 0.05) is 13.0 Å². The quantitative estimate of drug-likeness (QED) is 0.566. The molecule has 3 heteroatoms. The average molecular weight is 167 g/mol. The summed E-state index contributed by atoms with van der Waals surface area (Å²) in [5.74, 6) is -1.27. The van der Waals surface area contributed by atoms with Crippen LogP contribution in [0.4, 0.5) is 8.78 Å². The smallest absolute Gasteiger partial charge is 0.248 e. The summed E-state index contributed by atoms with van der Waals surface area (Å²) < 4.78 is 25.3. The molecule has 0 radical (unpaired) electrons. The number of rotatable bonds is 1. The molecule has 0 amide bonds. The van der Waals surface area contributed by atoms with E-state index in [0.717, 1.165) is 12.1 Å². The fourth-order valence-electron chi connectivity index (χ4n) is 0.910. The molecule has 0 spiro atoms. The van der Waals surface area contributed by atoms with Gasteiger partial charge in [0.1, 0.15) is 11.6 Å². The van der Waals surface area contributed by atoms with Crippen molar-refractivity contribution in [2.45, 2.75) is 13.0 Å². The molecule has 1 nitrogen and oxygen atoms in total. The van der Waals surface area contributed by atoms with Crippen LogP contribution >= 0.6 is 0 Å². The van der Waals surface area contributed by atoms with E-state index in [-0.39, 0.29) is 5.56 Å². The van der Waals surface area contributed by atoms with Crippen molar-refractivity contribution in [3.05, 3.63) is 46.8 Å². The Labute approximate surface area is 69.5 Å². The summed E-state index contributed by atoms with van der Waals surface area (Å²) in [6.45, 7) is 8.23. The molecule has 12 heavy (non-hydrogen) atoms. The third kappa shape index (κ3) is 1.59. The predicted molar refractivity (Wildman–Crippen MR) is 41.4 cm³/mol. The first-order valence-electron chi connectivity index (χ1n) is 3.46. The van der Waals surface area contributed by atoms with Gasteiger partial charge in [0.15, 0.2) is 0 Å². The first-order chi connectivity index (χ1) is 5.65. The van der Waals surface area contributed by atoms with Crippen molar-refractivity contribution < 1.29 is 8.78 Å². The number of halogens is 2. The van der Waals surface area contributed by atoms with Crippen molar-refractivity contribution in [3.63, 3.8) is 0 Å². The molecular formula is C9H7F2N. The van der Waals surface area contributed by atoms with Crippen molar-refractivity contribution in [2.75, 3.05) is 0 Å². The Morgan fingerprint density at radius 1 is 1.42 bits per heavy atom. The van der Waals surface area contributed by atoms with E-state index in [1.54, 1.807) is 6.92 Å². The van der Waals surface area contributed by atoms with Crippen molar-refractivity contribution in [3.8, 4) is 0 Å². The Kier molecular flexibility index (Phi) is 2.39. The van der Waals surface area contributed by atoms with E-state index >= 15 is 0 Å². The van der Waals surface area contributed by atoms with Gasteiger partial charge in [0.25, 0.3) is 0 Å². The van der Waals surface area contributed by atoms with Crippen LogP contribution in [0.15, 0.2) is 18.2 Å². The van der Waals surface area contributed by atoms with E-state index in [2.05, 4.69) is 4.85 Å². The molecule has 1 unspecified atom stereocenters. The second-order valence-electron chi connectivity index (χ2n) is 2.47. The number of hydrogen-bond acceptors (Lipinski definition) is 0. The lowest BCUT2D eigenvalue weighted by atomic mass is 10.1. The van der Waals surface area contributed by atoms with Gasteiger partial charge in [-0.1, -0.05) is 0 Å². The maximum absolute atomic E-state index is 12.9. The Hall–Kier alpha value is -1.43. The zero-order valence-electron chi connectivity index (χ0n) is 6.51. The highest BCUT2D eigenvalue weighted by Crippen LogP contribution is 2.20. The highest BCUT2D eigenvalue weighted by molar-refractivity contribution is 5.23. The lowest BCUT2D eigenvalue weighted by Crippen LogP contribution is -1.93. The van der Waals surface area contributed by atoms with Crippen LogP contribution < -0.4 is 0 Å². The highest BCUT2D eigenvalue weighted by atomic mass is 19.1. The Bertz CT molecular complexity index is 328. The molecule has 62 valence electrons. The van der Waals surface area contributed by atoms with Crippen LogP contribution in [0.25, 0.3) is 4.85 Å². The van der Waals surface area contributed by atoms with Crippen molar-refractivity contribution in [2.24, 2.45) is 0 Å². The zero-order chi connectivity index (χ0) is 9.14. The second kappa shape index (κ2) is 3.31. The molecule has 1 aromatic rings. The summed E-state index contributed by atoms with van der Waals surface area (Å²) in [7, 11) is 0. The minimum absolute atomic E-state index is 0.242.